The maximum atomic E-state index is 12.2. The fourth-order valence-electron chi connectivity index (χ4n) is 2.37. The zero-order chi connectivity index (χ0) is 18.7. The molecule has 3 aromatic rings. The fourth-order valence-corrected chi connectivity index (χ4v) is 2.37. The van der Waals surface area contributed by atoms with Gasteiger partial charge < -0.3 is 15.4 Å². The molecule has 0 radical (unpaired) electrons. The number of pyridine rings is 1. The molecule has 26 heavy (non-hydrogen) atoms. The summed E-state index contributed by atoms with van der Waals surface area (Å²) in [5.74, 6) is 0.130. The van der Waals surface area contributed by atoms with E-state index in [1.807, 2.05) is 25.3 Å². The third kappa shape index (κ3) is 3.88. The highest BCUT2D eigenvalue weighted by Crippen LogP contribution is 2.28. The smallest absolute Gasteiger partial charge is 0.255 e. The number of carbonyl (C=O) groups excluding carboxylic acids is 1. The highest BCUT2D eigenvalue weighted by Gasteiger charge is 2.13. The summed E-state index contributed by atoms with van der Waals surface area (Å²) in [6, 6.07) is 8.35. The number of rotatable bonds is 6. The van der Waals surface area contributed by atoms with Crippen LogP contribution in [0.3, 0.4) is 0 Å². The summed E-state index contributed by atoms with van der Waals surface area (Å²) in [5, 5.41) is 9.50. The van der Waals surface area contributed by atoms with E-state index in [9.17, 15) is 13.6 Å². The Labute approximate surface area is 148 Å². The van der Waals surface area contributed by atoms with E-state index in [0.29, 0.717) is 23.0 Å². The SMILES string of the molecule is COc1cc(C(=O)NCC(F)F)ccc1Nc1nc2ccc(C)cn2n1. The van der Waals surface area contributed by atoms with Crippen molar-refractivity contribution >= 4 is 23.2 Å². The van der Waals surface area contributed by atoms with Crippen LogP contribution in [0.4, 0.5) is 20.4 Å². The number of amides is 1. The molecule has 0 fully saturated rings. The second kappa shape index (κ2) is 7.34. The summed E-state index contributed by atoms with van der Waals surface area (Å²) in [6.07, 6.45) is -0.757. The molecule has 2 N–H and O–H groups in total. The first-order chi connectivity index (χ1) is 12.5. The van der Waals surface area contributed by atoms with Crippen LogP contribution in [0.2, 0.25) is 0 Å². The van der Waals surface area contributed by atoms with Crippen molar-refractivity contribution in [3.63, 3.8) is 0 Å². The van der Waals surface area contributed by atoms with Crippen LogP contribution in [0.1, 0.15) is 15.9 Å². The minimum absolute atomic E-state index is 0.214. The number of benzene rings is 1. The molecule has 0 atom stereocenters. The van der Waals surface area contributed by atoms with Crippen molar-refractivity contribution in [2.24, 2.45) is 0 Å². The second-order valence-corrected chi connectivity index (χ2v) is 5.59. The fraction of sp³-hybridized carbons (Fsp3) is 0.235. The third-order valence-corrected chi connectivity index (χ3v) is 3.61. The van der Waals surface area contributed by atoms with Gasteiger partial charge in [-0.25, -0.2) is 13.3 Å². The maximum Gasteiger partial charge on any atom is 0.255 e. The molecule has 0 aliphatic rings. The van der Waals surface area contributed by atoms with Crippen molar-refractivity contribution in [2.75, 3.05) is 19.0 Å². The van der Waals surface area contributed by atoms with Crippen LogP contribution in [0.15, 0.2) is 36.5 Å². The van der Waals surface area contributed by atoms with Gasteiger partial charge in [0.05, 0.1) is 19.3 Å². The van der Waals surface area contributed by atoms with Crippen molar-refractivity contribution in [1.82, 2.24) is 19.9 Å². The van der Waals surface area contributed by atoms with Gasteiger partial charge in [0.15, 0.2) is 5.65 Å². The van der Waals surface area contributed by atoms with Gasteiger partial charge in [0.25, 0.3) is 12.3 Å². The molecule has 3 rings (SSSR count). The van der Waals surface area contributed by atoms with Gasteiger partial charge in [-0.15, -0.1) is 5.10 Å². The summed E-state index contributed by atoms with van der Waals surface area (Å²) in [5.41, 5.74) is 2.49. The van der Waals surface area contributed by atoms with Crippen LogP contribution in [0, 0.1) is 6.92 Å². The highest BCUT2D eigenvalue weighted by molar-refractivity contribution is 5.95. The quantitative estimate of drug-likeness (QED) is 0.706. The van der Waals surface area contributed by atoms with Gasteiger partial charge >= 0.3 is 0 Å². The van der Waals surface area contributed by atoms with Crippen LogP contribution < -0.4 is 15.4 Å². The molecule has 0 unspecified atom stereocenters. The number of halogens is 2. The Kier molecular flexibility index (Phi) is 4.97. The predicted molar refractivity (Wildman–Crippen MR) is 92.3 cm³/mol. The van der Waals surface area contributed by atoms with Crippen molar-refractivity contribution in [3.8, 4) is 5.75 Å². The first-order valence-corrected chi connectivity index (χ1v) is 7.80. The minimum Gasteiger partial charge on any atom is -0.495 e. The number of nitrogens with one attached hydrogen (secondary N) is 2. The molecular weight excluding hydrogens is 344 g/mol. The van der Waals surface area contributed by atoms with Gasteiger partial charge in [-0.2, -0.15) is 4.98 Å². The molecule has 1 aromatic carbocycles. The molecule has 136 valence electrons. The number of ether oxygens (including phenoxy) is 1. The standard InChI is InChI=1S/C17H17F2N5O2/c1-10-3-6-15-22-17(23-24(15)9-10)21-12-5-4-11(7-13(12)26-2)16(25)20-8-14(18)19/h3-7,9,14H,8H2,1-2H3,(H,20,25)(H,21,23). The Morgan fingerprint density at radius 3 is 2.85 bits per heavy atom. The van der Waals surface area contributed by atoms with Gasteiger partial charge in [0.1, 0.15) is 5.75 Å². The van der Waals surface area contributed by atoms with E-state index in [4.69, 9.17) is 4.74 Å². The van der Waals surface area contributed by atoms with Gasteiger partial charge in [-0.3, -0.25) is 4.79 Å². The number of hydrogen-bond donors (Lipinski definition) is 2. The van der Waals surface area contributed by atoms with E-state index in [2.05, 4.69) is 20.7 Å². The Morgan fingerprint density at radius 2 is 2.12 bits per heavy atom. The van der Waals surface area contributed by atoms with Crippen molar-refractivity contribution in [2.45, 2.75) is 13.3 Å². The molecule has 7 nitrogen and oxygen atoms in total. The van der Waals surface area contributed by atoms with E-state index >= 15 is 0 Å². The topological polar surface area (TPSA) is 80.5 Å². The number of methoxy groups -OCH3 is 1. The zero-order valence-electron chi connectivity index (χ0n) is 14.2. The molecule has 1 amide bonds. The first kappa shape index (κ1) is 17.6. The van der Waals surface area contributed by atoms with Gasteiger partial charge in [-0.05, 0) is 36.8 Å². The molecule has 0 bridgehead atoms. The summed E-state index contributed by atoms with van der Waals surface area (Å²) < 4.78 is 31.3. The minimum atomic E-state index is -2.61. The molecule has 0 saturated heterocycles. The number of anilines is 2. The molecule has 0 aliphatic heterocycles. The number of fused-ring (bicyclic) bond motifs is 1. The number of nitrogens with zero attached hydrogens (tertiary/aromatic N) is 3. The lowest BCUT2D eigenvalue weighted by Crippen LogP contribution is -2.28. The maximum absolute atomic E-state index is 12.2. The number of alkyl halides is 2. The van der Waals surface area contributed by atoms with Crippen LogP contribution in [-0.2, 0) is 0 Å². The van der Waals surface area contributed by atoms with Gasteiger partial charge in [0, 0.05) is 11.8 Å². The lowest BCUT2D eigenvalue weighted by molar-refractivity contribution is 0.0891. The van der Waals surface area contributed by atoms with E-state index in [-0.39, 0.29) is 5.56 Å². The lowest BCUT2D eigenvalue weighted by atomic mass is 10.1. The molecule has 0 aliphatic carbocycles. The molecule has 0 spiro atoms. The average Bonchev–Trinajstić information content (AvgIpc) is 3.01. The number of aromatic nitrogens is 3. The average molecular weight is 361 g/mol. The predicted octanol–water partition coefficient (Wildman–Crippen LogP) is 2.78. The van der Waals surface area contributed by atoms with Crippen LogP contribution in [0.5, 0.6) is 5.75 Å². The lowest BCUT2D eigenvalue weighted by Gasteiger charge is -2.11. The molecular formula is C17H17F2N5O2. The summed E-state index contributed by atoms with van der Waals surface area (Å²) in [4.78, 5) is 16.2. The zero-order valence-corrected chi connectivity index (χ0v) is 14.2. The van der Waals surface area contributed by atoms with E-state index in [1.54, 1.807) is 10.6 Å². The Hall–Kier alpha value is -3.23. The molecule has 9 heteroatoms. The molecule has 2 aromatic heterocycles. The van der Waals surface area contributed by atoms with E-state index in [0.717, 1.165) is 5.56 Å². The summed E-state index contributed by atoms with van der Waals surface area (Å²) in [7, 11) is 1.45. The Balaban J connectivity index is 1.81. The van der Waals surface area contributed by atoms with Crippen LogP contribution >= 0.6 is 0 Å². The number of carbonyl (C=O) groups is 1. The van der Waals surface area contributed by atoms with Gasteiger partial charge in [-0.1, -0.05) is 6.07 Å². The largest absolute Gasteiger partial charge is 0.495 e. The van der Waals surface area contributed by atoms with Crippen LogP contribution in [0.25, 0.3) is 5.65 Å². The summed E-state index contributed by atoms with van der Waals surface area (Å²) in [6.45, 7) is 1.25. The van der Waals surface area contributed by atoms with Crippen molar-refractivity contribution < 1.29 is 18.3 Å². The highest BCUT2D eigenvalue weighted by atomic mass is 19.3. The third-order valence-electron chi connectivity index (χ3n) is 3.61. The van der Waals surface area contributed by atoms with E-state index in [1.165, 1.54) is 19.2 Å². The number of hydrogen-bond acceptors (Lipinski definition) is 5. The first-order valence-electron chi connectivity index (χ1n) is 7.80. The van der Waals surface area contributed by atoms with Gasteiger partial charge in [0.2, 0.25) is 5.95 Å². The number of aryl methyl sites for hydroxylation is 1. The van der Waals surface area contributed by atoms with Crippen molar-refractivity contribution in [3.05, 3.63) is 47.7 Å². The van der Waals surface area contributed by atoms with Crippen LogP contribution in [-0.4, -0.2) is 40.6 Å². The second-order valence-electron chi connectivity index (χ2n) is 5.59. The Morgan fingerprint density at radius 1 is 1.31 bits per heavy atom. The normalized spacial score (nSPS) is 11.0. The van der Waals surface area contributed by atoms with E-state index < -0.39 is 18.9 Å². The van der Waals surface area contributed by atoms with Crippen molar-refractivity contribution in [1.29, 1.82) is 0 Å². The monoisotopic (exact) mass is 361 g/mol. The molecule has 0 saturated carbocycles. The molecule has 2 heterocycles. The Bertz CT molecular complexity index is 942. The summed E-state index contributed by atoms with van der Waals surface area (Å²) >= 11 is 0.